The Morgan fingerprint density at radius 1 is 1.11 bits per heavy atom. The van der Waals surface area contributed by atoms with E-state index in [4.69, 9.17) is 23.7 Å². The summed E-state index contributed by atoms with van der Waals surface area (Å²) in [7, 11) is 1.45. The highest BCUT2D eigenvalue weighted by Crippen LogP contribution is 2.33. The lowest BCUT2D eigenvalue weighted by Gasteiger charge is -2.37. The first-order chi connectivity index (χ1) is 8.52. The van der Waals surface area contributed by atoms with Gasteiger partial charge >= 0.3 is 11.9 Å². The van der Waals surface area contributed by atoms with Crippen LogP contribution in [0.1, 0.15) is 13.8 Å². The standard InChI is InChI=1S/C11H16O7/c1-5(12)16-8-7-4-15-9(8)10(17-6(2)13)11(14-3)18-7/h7-11H,4H2,1-3H3/t7-,8-,9-,10-,11+/m0/s1. The third-order valence-electron chi connectivity index (χ3n) is 2.88. The summed E-state index contributed by atoms with van der Waals surface area (Å²) in [6, 6.07) is 0. The van der Waals surface area contributed by atoms with Crippen LogP contribution in [0.4, 0.5) is 0 Å². The molecule has 0 aromatic heterocycles. The van der Waals surface area contributed by atoms with Crippen molar-refractivity contribution in [2.45, 2.75) is 44.6 Å². The SMILES string of the molecule is CO[C@@H]1O[C@H]2CO[C@H]([C@@H]1OC(C)=O)[C@H]2OC(C)=O. The van der Waals surface area contributed by atoms with Crippen molar-refractivity contribution in [1.29, 1.82) is 0 Å². The Labute approximate surface area is 104 Å². The third kappa shape index (κ3) is 2.47. The molecule has 7 nitrogen and oxygen atoms in total. The van der Waals surface area contributed by atoms with Gasteiger partial charge in [0.1, 0.15) is 12.2 Å². The number of carbonyl (C=O) groups excluding carboxylic acids is 2. The second-order valence-corrected chi connectivity index (χ2v) is 4.22. The Morgan fingerprint density at radius 2 is 1.72 bits per heavy atom. The van der Waals surface area contributed by atoms with Gasteiger partial charge in [-0.15, -0.1) is 0 Å². The van der Waals surface area contributed by atoms with Crippen molar-refractivity contribution in [3.05, 3.63) is 0 Å². The van der Waals surface area contributed by atoms with Gasteiger partial charge < -0.3 is 23.7 Å². The Hall–Kier alpha value is -1.18. The summed E-state index contributed by atoms with van der Waals surface area (Å²) in [4.78, 5) is 22.1. The first kappa shape index (κ1) is 13.3. The first-order valence-electron chi connectivity index (χ1n) is 5.67. The van der Waals surface area contributed by atoms with Crippen LogP contribution in [0.15, 0.2) is 0 Å². The van der Waals surface area contributed by atoms with E-state index in [2.05, 4.69) is 0 Å². The fourth-order valence-corrected chi connectivity index (χ4v) is 2.25. The number of rotatable bonds is 3. The third-order valence-corrected chi connectivity index (χ3v) is 2.88. The maximum Gasteiger partial charge on any atom is 0.303 e. The van der Waals surface area contributed by atoms with Gasteiger partial charge in [-0.1, -0.05) is 0 Å². The van der Waals surface area contributed by atoms with Crippen LogP contribution in [0.2, 0.25) is 0 Å². The molecule has 2 aliphatic rings. The predicted octanol–water partition coefficient (Wildman–Crippen LogP) is -0.380. The maximum absolute atomic E-state index is 11.1. The minimum Gasteiger partial charge on any atom is -0.457 e. The number of esters is 2. The van der Waals surface area contributed by atoms with Crippen molar-refractivity contribution < 1.29 is 33.3 Å². The molecule has 2 bridgehead atoms. The van der Waals surface area contributed by atoms with Crippen LogP contribution >= 0.6 is 0 Å². The summed E-state index contributed by atoms with van der Waals surface area (Å²) in [6.45, 7) is 2.87. The van der Waals surface area contributed by atoms with E-state index in [1.165, 1.54) is 21.0 Å². The molecule has 2 fully saturated rings. The van der Waals surface area contributed by atoms with Crippen molar-refractivity contribution in [3.8, 4) is 0 Å². The number of ether oxygens (including phenoxy) is 5. The second kappa shape index (κ2) is 5.21. The van der Waals surface area contributed by atoms with Gasteiger partial charge in [0.15, 0.2) is 18.5 Å². The monoisotopic (exact) mass is 260 g/mol. The van der Waals surface area contributed by atoms with Crippen LogP contribution < -0.4 is 0 Å². The molecule has 102 valence electrons. The van der Waals surface area contributed by atoms with Crippen molar-refractivity contribution in [1.82, 2.24) is 0 Å². The minimum atomic E-state index is -0.740. The highest BCUT2D eigenvalue weighted by atomic mass is 16.7. The number of methoxy groups -OCH3 is 1. The van der Waals surface area contributed by atoms with Gasteiger partial charge in [-0.05, 0) is 0 Å². The number of hydrogen-bond acceptors (Lipinski definition) is 7. The summed E-state index contributed by atoms with van der Waals surface area (Å²) >= 11 is 0. The summed E-state index contributed by atoms with van der Waals surface area (Å²) in [5, 5.41) is 0. The molecule has 2 heterocycles. The van der Waals surface area contributed by atoms with Crippen LogP contribution in [0.3, 0.4) is 0 Å². The van der Waals surface area contributed by atoms with E-state index in [0.717, 1.165) is 0 Å². The van der Waals surface area contributed by atoms with Crippen LogP contribution in [-0.4, -0.2) is 56.4 Å². The van der Waals surface area contributed by atoms with Gasteiger partial charge in [-0.3, -0.25) is 9.59 Å². The normalized spacial score (nSPS) is 38.3. The maximum atomic E-state index is 11.1. The van der Waals surface area contributed by atoms with Gasteiger partial charge in [0.2, 0.25) is 0 Å². The Balaban J connectivity index is 2.14. The summed E-state index contributed by atoms with van der Waals surface area (Å²) < 4.78 is 26.4. The molecule has 0 aliphatic carbocycles. The fourth-order valence-electron chi connectivity index (χ4n) is 2.25. The zero-order valence-electron chi connectivity index (χ0n) is 10.5. The molecule has 0 spiro atoms. The second-order valence-electron chi connectivity index (χ2n) is 4.22. The van der Waals surface area contributed by atoms with Crippen molar-refractivity contribution >= 4 is 11.9 Å². The zero-order valence-corrected chi connectivity index (χ0v) is 10.5. The van der Waals surface area contributed by atoms with Gasteiger partial charge in [0.05, 0.1) is 6.61 Å². The van der Waals surface area contributed by atoms with E-state index in [0.29, 0.717) is 0 Å². The van der Waals surface area contributed by atoms with Crippen molar-refractivity contribution in [2.75, 3.05) is 13.7 Å². The molecule has 5 atom stereocenters. The summed E-state index contributed by atoms with van der Waals surface area (Å²) in [5.74, 6) is -0.900. The lowest BCUT2D eigenvalue weighted by atomic mass is 10.0. The molecule has 0 aromatic rings. The smallest absolute Gasteiger partial charge is 0.303 e. The van der Waals surface area contributed by atoms with E-state index >= 15 is 0 Å². The fraction of sp³-hybridized carbons (Fsp3) is 0.818. The minimum absolute atomic E-state index is 0.278. The molecule has 0 aromatic carbocycles. The average Bonchev–Trinajstić information content (AvgIpc) is 2.55. The van der Waals surface area contributed by atoms with E-state index in [9.17, 15) is 9.59 Å². The van der Waals surface area contributed by atoms with E-state index in [1.807, 2.05) is 0 Å². The van der Waals surface area contributed by atoms with Gasteiger partial charge in [-0.2, -0.15) is 0 Å². The largest absolute Gasteiger partial charge is 0.457 e. The molecule has 2 rings (SSSR count). The number of fused-ring (bicyclic) bond motifs is 2. The van der Waals surface area contributed by atoms with E-state index < -0.39 is 42.6 Å². The quantitative estimate of drug-likeness (QED) is 0.640. The molecule has 0 unspecified atom stereocenters. The molecular formula is C11H16O7. The zero-order chi connectivity index (χ0) is 13.3. The van der Waals surface area contributed by atoms with E-state index in [1.54, 1.807) is 0 Å². The molecule has 7 heteroatoms. The van der Waals surface area contributed by atoms with Crippen LogP contribution in [0.25, 0.3) is 0 Å². The lowest BCUT2D eigenvalue weighted by Crippen LogP contribution is -2.56. The summed E-state index contributed by atoms with van der Waals surface area (Å²) in [6.07, 6.45) is -2.97. The summed E-state index contributed by atoms with van der Waals surface area (Å²) in [5.41, 5.74) is 0. The number of carbonyl (C=O) groups is 2. The lowest BCUT2D eigenvalue weighted by molar-refractivity contribution is -0.262. The average molecular weight is 260 g/mol. The molecule has 2 saturated heterocycles. The van der Waals surface area contributed by atoms with Crippen LogP contribution in [0, 0.1) is 0 Å². The molecule has 0 amide bonds. The Kier molecular flexibility index (Phi) is 3.84. The number of hydrogen-bond donors (Lipinski definition) is 0. The highest BCUT2D eigenvalue weighted by molar-refractivity contribution is 5.67. The van der Waals surface area contributed by atoms with Gasteiger partial charge in [-0.25, -0.2) is 0 Å². The Morgan fingerprint density at radius 3 is 2.28 bits per heavy atom. The van der Waals surface area contributed by atoms with Crippen LogP contribution in [-0.2, 0) is 33.3 Å². The molecule has 18 heavy (non-hydrogen) atoms. The first-order valence-corrected chi connectivity index (χ1v) is 5.67. The van der Waals surface area contributed by atoms with Crippen molar-refractivity contribution in [3.63, 3.8) is 0 Å². The molecule has 2 aliphatic heterocycles. The van der Waals surface area contributed by atoms with E-state index in [-0.39, 0.29) is 6.61 Å². The molecule has 0 radical (unpaired) electrons. The molecular weight excluding hydrogens is 244 g/mol. The topological polar surface area (TPSA) is 80.3 Å². The molecule has 0 N–H and O–H groups in total. The Bertz CT molecular complexity index is 342. The van der Waals surface area contributed by atoms with Gasteiger partial charge in [0, 0.05) is 21.0 Å². The molecule has 0 saturated carbocycles. The van der Waals surface area contributed by atoms with Crippen molar-refractivity contribution in [2.24, 2.45) is 0 Å². The predicted molar refractivity (Wildman–Crippen MR) is 56.5 cm³/mol. The van der Waals surface area contributed by atoms with Gasteiger partial charge in [0.25, 0.3) is 0 Å². The van der Waals surface area contributed by atoms with Crippen LogP contribution in [0.5, 0.6) is 0 Å². The highest BCUT2D eigenvalue weighted by Gasteiger charge is 2.55.